The molecule has 1 unspecified atom stereocenters. The molecule has 3 heteroatoms. The Kier molecular flexibility index (Phi) is 4.29. The molecular formula is C17H25N3. The van der Waals surface area contributed by atoms with E-state index in [1.54, 1.807) is 0 Å². The normalized spacial score (nSPS) is 13.4. The number of benzene rings is 1. The smallest absolute Gasteiger partial charge is 0.0678 e. The summed E-state index contributed by atoms with van der Waals surface area (Å²) >= 11 is 0. The molecule has 1 heterocycles. The lowest BCUT2D eigenvalue weighted by Gasteiger charge is -2.15. The summed E-state index contributed by atoms with van der Waals surface area (Å²) in [5.74, 6) is 0.185. The first-order valence-electron chi connectivity index (χ1n) is 7.30. The second-order valence-electron chi connectivity index (χ2n) is 6.34. The third-order valence-corrected chi connectivity index (χ3v) is 3.77. The van der Waals surface area contributed by atoms with Crippen LogP contribution in [-0.2, 0) is 11.8 Å². The number of hydrogen-bond acceptors (Lipinski definition) is 2. The Hall–Kier alpha value is -1.61. The van der Waals surface area contributed by atoms with Gasteiger partial charge in [0.25, 0.3) is 0 Å². The van der Waals surface area contributed by atoms with Crippen LogP contribution in [0.15, 0.2) is 30.3 Å². The molecule has 0 spiro atoms. The van der Waals surface area contributed by atoms with Gasteiger partial charge >= 0.3 is 0 Å². The van der Waals surface area contributed by atoms with E-state index in [2.05, 4.69) is 68.2 Å². The predicted octanol–water partition coefficient (Wildman–Crippen LogP) is 3.36. The third-order valence-electron chi connectivity index (χ3n) is 3.77. The standard InChI is InChI=1S/C17H25N3/c1-5-12-6-8-13(9-7-12)14(11-18)15-10-16(20-19-15)17(2,3)4/h6-10,14H,5,11,18H2,1-4H3,(H,19,20). The topological polar surface area (TPSA) is 54.7 Å². The van der Waals surface area contributed by atoms with Gasteiger partial charge in [-0.15, -0.1) is 0 Å². The molecule has 1 atom stereocenters. The summed E-state index contributed by atoms with van der Waals surface area (Å²) in [4.78, 5) is 0. The van der Waals surface area contributed by atoms with Crippen LogP contribution in [0.2, 0.25) is 0 Å². The molecule has 0 radical (unpaired) electrons. The first-order valence-corrected chi connectivity index (χ1v) is 7.30. The van der Waals surface area contributed by atoms with Gasteiger partial charge in [-0.05, 0) is 23.6 Å². The van der Waals surface area contributed by atoms with Crippen LogP contribution in [0.25, 0.3) is 0 Å². The number of nitrogens with one attached hydrogen (secondary N) is 1. The maximum Gasteiger partial charge on any atom is 0.0678 e. The summed E-state index contributed by atoms with van der Waals surface area (Å²) < 4.78 is 0. The molecular weight excluding hydrogens is 246 g/mol. The lowest BCUT2D eigenvalue weighted by molar-refractivity contribution is 0.567. The highest BCUT2D eigenvalue weighted by molar-refractivity contribution is 5.33. The third kappa shape index (κ3) is 3.10. The van der Waals surface area contributed by atoms with Crippen molar-refractivity contribution in [2.24, 2.45) is 5.73 Å². The molecule has 0 saturated heterocycles. The Morgan fingerprint density at radius 2 is 1.85 bits per heavy atom. The minimum absolute atomic E-state index is 0.0555. The van der Waals surface area contributed by atoms with Crippen molar-refractivity contribution in [2.75, 3.05) is 6.54 Å². The van der Waals surface area contributed by atoms with E-state index < -0.39 is 0 Å². The van der Waals surface area contributed by atoms with Crippen molar-refractivity contribution in [2.45, 2.75) is 45.4 Å². The molecule has 108 valence electrons. The monoisotopic (exact) mass is 271 g/mol. The number of aromatic amines is 1. The number of nitrogens with zero attached hydrogens (tertiary/aromatic N) is 1. The molecule has 0 saturated carbocycles. The molecule has 20 heavy (non-hydrogen) atoms. The van der Waals surface area contributed by atoms with E-state index >= 15 is 0 Å². The van der Waals surface area contributed by atoms with Gasteiger partial charge in [-0.2, -0.15) is 5.10 Å². The van der Waals surface area contributed by atoms with Crippen LogP contribution in [0.1, 0.15) is 56.1 Å². The van der Waals surface area contributed by atoms with Gasteiger partial charge in [-0.3, -0.25) is 5.10 Å². The van der Waals surface area contributed by atoms with Crippen molar-refractivity contribution >= 4 is 0 Å². The number of nitrogens with two attached hydrogens (primary N) is 1. The summed E-state index contributed by atoms with van der Waals surface area (Å²) in [5.41, 5.74) is 10.8. The molecule has 1 aromatic carbocycles. The van der Waals surface area contributed by atoms with E-state index in [-0.39, 0.29) is 11.3 Å². The van der Waals surface area contributed by atoms with Crippen LogP contribution in [0.3, 0.4) is 0 Å². The van der Waals surface area contributed by atoms with Crippen LogP contribution < -0.4 is 5.73 Å². The van der Waals surface area contributed by atoms with Crippen LogP contribution in [0.4, 0.5) is 0 Å². The highest BCUT2D eigenvalue weighted by Crippen LogP contribution is 2.27. The molecule has 1 aromatic heterocycles. The van der Waals surface area contributed by atoms with Gasteiger partial charge in [0.15, 0.2) is 0 Å². The molecule has 0 fully saturated rings. The second-order valence-corrected chi connectivity index (χ2v) is 6.34. The van der Waals surface area contributed by atoms with Crippen LogP contribution in [0.5, 0.6) is 0 Å². The zero-order valence-corrected chi connectivity index (χ0v) is 12.9. The van der Waals surface area contributed by atoms with Gasteiger partial charge in [-0.1, -0.05) is 52.0 Å². The molecule has 2 aromatic rings. The first kappa shape index (κ1) is 14.8. The minimum Gasteiger partial charge on any atom is -0.329 e. The lowest BCUT2D eigenvalue weighted by atomic mass is 9.89. The fourth-order valence-corrected chi connectivity index (χ4v) is 2.33. The quantitative estimate of drug-likeness (QED) is 0.896. The summed E-state index contributed by atoms with van der Waals surface area (Å²) in [6.45, 7) is 9.25. The largest absolute Gasteiger partial charge is 0.329 e. The highest BCUT2D eigenvalue weighted by Gasteiger charge is 2.21. The maximum absolute atomic E-state index is 5.98. The number of hydrogen-bond donors (Lipinski definition) is 2. The molecule has 0 aliphatic rings. The molecule has 2 rings (SSSR count). The predicted molar refractivity (Wildman–Crippen MR) is 84.0 cm³/mol. The molecule has 0 amide bonds. The number of aromatic nitrogens is 2. The Morgan fingerprint density at radius 3 is 2.30 bits per heavy atom. The zero-order chi connectivity index (χ0) is 14.8. The number of H-pyrrole nitrogens is 1. The maximum atomic E-state index is 5.98. The molecule has 3 nitrogen and oxygen atoms in total. The molecule has 0 aliphatic carbocycles. The van der Waals surface area contributed by atoms with Crippen molar-refractivity contribution in [3.8, 4) is 0 Å². The number of aryl methyl sites for hydroxylation is 1. The van der Waals surface area contributed by atoms with Gasteiger partial charge in [-0.25, -0.2) is 0 Å². The SMILES string of the molecule is CCc1ccc(C(CN)c2cc(C(C)(C)C)n[nH]2)cc1. The zero-order valence-electron chi connectivity index (χ0n) is 12.9. The summed E-state index contributed by atoms with van der Waals surface area (Å²) in [7, 11) is 0. The van der Waals surface area contributed by atoms with Crippen molar-refractivity contribution in [1.29, 1.82) is 0 Å². The average molecular weight is 271 g/mol. The van der Waals surface area contributed by atoms with E-state index in [0.717, 1.165) is 17.8 Å². The van der Waals surface area contributed by atoms with E-state index in [0.29, 0.717) is 6.54 Å². The van der Waals surface area contributed by atoms with Crippen LogP contribution in [-0.4, -0.2) is 16.7 Å². The lowest BCUT2D eigenvalue weighted by Crippen LogP contribution is -2.14. The van der Waals surface area contributed by atoms with Crippen molar-refractivity contribution < 1.29 is 0 Å². The second kappa shape index (κ2) is 5.80. The molecule has 3 N–H and O–H groups in total. The van der Waals surface area contributed by atoms with Crippen molar-refractivity contribution in [3.63, 3.8) is 0 Å². The van der Waals surface area contributed by atoms with Gasteiger partial charge < -0.3 is 5.73 Å². The molecule has 0 aliphatic heterocycles. The van der Waals surface area contributed by atoms with Gasteiger partial charge in [0.2, 0.25) is 0 Å². The number of rotatable bonds is 4. The van der Waals surface area contributed by atoms with Crippen LogP contribution in [0, 0.1) is 0 Å². The van der Waals surface area contributed by atoms with Gasteiger partial charge in [0.05, 0.1) is 5.69 Å². The van der Waals surface area contributed by atoms with Crippen molar-refractivity contribution in [3.05, 3.63) is 52.8 Å². The first-order chi connectivity index (χ1) is 9.45. The van der Waals surface area contributed by atoms with E-state index in [1.807, 2.05) is 0 Å². The van der Waals surface area contributed by atoms with Gasteiger partial charge in [0.1, 0.15) is 0 Å². The molecule has 0 bridgehead atoms. The average Bonchev–Trinajstić information content (AvgIpc) is 2.90. The Morgan fingerprint density at radius 1 is 1.20 bits per heavy atom. The Labute approximate surface area is 121 Å². The summed E-state index contributed by atoms with van der Waals surface area (Å²) in [6, 6.07) is 10.9. The van der Waals surface area contributed by atoms with Gasteiger partial charge in [0, 0.05) is 23.6 Å². The Balaban J connectivity index is 2.29. The fraction of sp³-hybridized carbons (Fsp3) is 0.471. The summed E-state index contributed by atoms with van der Waals surface area (Å²) in [6.07, 6.45) is 1.06. The van der Waals surface area contributed by atoms with E-state index in [1.165, 1.54) is 11.1 Å². The fourth-order valence-electron chi connectivity index (χ4n) is 2.33. The van der Waals surface area contributed by atoms with E-state index in [9.17, 15) is 0 Å². The Bertz CT molecular complexity index is 546. The van der Waals surface area contributed by atoms with Crippen molar-refractivity contribution in [1.82, 2.24) is 10.2 Å². The summed E-state index contributed by atoms with van der Waals surface area (Å²) in [5, 5.41) is 7.60. The minimum atomic E-state index is 0.0555. The van der Waals surface area contributed by atoms with Crippen LogP contribution >= 0.6 is 0 Å². The van der Waals surface area contributed by atoms with E-state index in [4.69, 9.17) is 5.73 Å². The highest BCUT2D eigenvalue weighted by atomic mass is 15.1.